The Morgan fingerprint density at radius 1 is 1.17 bits per heavy atom. The molecule has 0 spiro atoms. The fourth-order valence-corrected chi connectivity index (χ4v) is 2.35. The molecule has 0 saturated heterocycles. The fraction of sp³-hybridized carbons (Fsp3) is 0.125. The van der Waals surface area contributed by atoms with Crippen molar-refractivity contribution in [3.05, 3.63) is 59.6 Å². The van der Waals surface area contributed by atoms with Crippen LogP contribution in [-0.4, -0.2) is 46.4 Å². The first-order chi connectivity index (χ1) is 11.0. The van der Waals surface area contributed by atoms with Crippen molar-refractivity contribution in [1.29, 1.82) is 0 Å². The molecular formula is C16H17N4O3+. The Labute approximate surface area is 133 Å². The number of nitrogens with one attached hydrogen (secondary N) is 1. The molecule has 2 aliphatic heterocycles. The fourth-order valence-electron chi connectivity index (χ4n) is 2.35. The summed E-state index contributed by atoms with van der Waals surface area (Å²) >= 11 is 0. The van der Waals surface area contributed by atoms with Crippen LogP contribution in [0.1, 0.15) is 5.56 Å². The van der Waals surface area contributed by atoms with Crippen molar-refractivity contribution < 1.29 is 20.1 Å². The molecule has 2 heterocycles. The molecule has 0 aliphatic carbocycles. The van der Waals surface area contributed by atoms with Crippen molar-refractivity contribution in [2.24, 2.45) is 4.99 Å². The number of hydrogen-bond donors (Lipinski definition) is 3. The third kappa shape index (κ3) is 2.93. The average molecular weight is 313 g/mol. The first-order valence-corrected chi connectivity index (χ1v) is 7.08. The summed E-state index contributed by atoms with van der Waals surface area (Å²) < 4.78 is 0. The highest BCUT2D eigenvalue weighted by Crippen LogP contribution is 2.25. The predicted octanol–water partition coefficient (Wildman–Crippen LogP) is 0.536. The van der Waals surface area contributed by atoms with Crippen LogP contribution in [0.2, 0.25) is 0 Å². The average Bonchev–Trinajstić information content (AvgIpc) is 2.83. The van der Waals surface area contributed by atoms with Gasteiger partial charge in [0.1, 0.15) is 22.9 Å². The molecule has 118 valence electrons. The zero-order valence-electron chi connectivity index (χ0n) is 12.8. The number of aliphatic imine (C=N–C) groups is 1. The molecule has 0 unspecified atom stereocenters. The Morgan fingerprint density at radius 2 is 1.87 bits per heavy atom. The predicted molar refractivity (Wildman–Crippen MR) is 83.8 cm³/mol. The molecule has 3 N–H and O–H groups in total. The Bertz CT molecular complexity index is 758. The maximum absolute atomic E-state index is 12.1. The molecule has 0 radical (unpaired) electrons. The maximum Gasteiger partial charge on any atom is 0.295 e. The second-order valence-corrected chi connectivity index (χ2v) is 5.47. The number of fused-ring (bicyclic) bond motifs is 1. The number of amidine groups is 1. The zero-order chi connectivity index (χ0) is 16.6. The number of carbonyl (C=O) groups excluding carboxylic acids is 1. The molecule has 1 aromatic carbocycles. The summed E-state index contributed by atoms with van der Waals surface area (Å²) in [4.78, 5) is 18.8. The van der Waals surface area contributed by atoms with Crippen LogP contribution in [-0.2, 0) is 4.79 Å². The van der Waals surface area contributed by atoms with Gasteiger partial charge in [0.15, 0.2) is 0 Å². The maximum atomic E-state index is 12.1. The minimum Gasteiger partial charge on any atom is -0.307 e. The Balaban J connectivity index is 1.93. The Morgan fingerprint density at radius 3 is 2.48 bits per heavy atom. The van der Waals surface area contributed by atoms with Gasteiger partial charge in [-0.15, -0.1) is 5.23 Å². The number of carbonyl (C=O) groups is 1. The smallest absolute Gasteiger partial charge is 0.295 e. The van der Waals surface area contributed by atoms with E-state index in [1.54, 1.807) is 12.2 Å². The van der Waals surface area contributed by atoms with Gasteiger partial charge in [-0.25, -0.2) is 0 Å². The lowest BCUT2D eigenvalue weighted by molar-refractivity contribution is -0.786. The van der Waals surface area contributed by atoms with Crippen LogP contribution < -0.4 is 4.90 Å². The number of hydroxylamine groups is 2. The van der Waals surface area contributed by atoms with E-state index in [0.717, 1.165) is 11.3 Å². The topological polar surface area (TPSA) is 80.8 Å². The van der Waals surface area contributed by atoms with Crippen LogP contribution in [0, 0.1) is 0 Å². The minimum absolute atomic E-state index is 0.00233. The van der Waals surface area contributed by atoms with Crippen LogP contribution >= 0.6 is 0 Å². The van der Waals surface area contributed by atoms with Gasteiger partial charge < -0.3 is 4.90 Å². The van der Waals surface area contributed by atoms with Gasteiger partial charge in [-0.2, -0.15) is 4.99 Å². The summed E-state index contributed by atoms with van der Waals surface area (Å²) in [6, 6.07) is 7.83. The molecule has 0 atom stereocenters. The molecule has 0 fully saturated rings. The monoisotopic (exact) mass is 313 g/mol. The Hall–Kier alpha value is -2.74. The Kier molecular flexibility index (Phi) is 3.83. The van der Waals surface area contributed by atoms with Crippen molar-refractivity contribution in [2.45, 2.75) is 0 Å². The summed E-state index contributed by atoms with van der Waals surface area (Å²) in [6.07, 6.45) is 6.17. The molecule has 2 aliphatic rings. The summed E-state index contributed by atoms with van der Waals surface area (Å²) in [7, 11) is 4.08. The number of allylic oxidation sites excluding steroid dienone is 1. The minimum atomic E-state index is -0.369. The van der Waals surface area contributed by atoms with E-state index in [9.17, 15) is 4.79 Å². The van der Waals surface area contributed by atoms with Crippen molar-refractivity contribution in [2.75, 3.05) is 14.1 Å². The van der Waals surface area contributed by atoms with E-state index >= 15 is 0 Å². The van der Waals surface area contributed by atoms with Crippen LogP contribution in [0.4, 0.5) is 5.69 Å². The molecule has 3 rings (SSSR count). The van der Waals surface area contributed by atoms with Gasteiger partial charge in [-0.05, 0) is 48.1 Å². The molecule has 1 aromatic rings. The SMILES string of the molecule is C[NH+](C)c1ccc(/C=C2\C(=O)N=C3C=CC(N(O)O)=CN32)cc1. The first kappa shape index (κ1) is 15.2. The quantitative estimate of drug-likeness (QED) is 0.560. The van der Waals surface area contributed by atoms with Gasteiger partial charge in [0.2, 0.25) is 0 Å². The van der Waals surface area contributed by atoms with Gasteiger partial charge in [-0.3, -0.25) is 20.1 Å². The summed E-state index contributed by atoms with van der Waals surface area (Å²) in [6.45, 7) is 0. The lowest BCUT2D eigenvalue weighted by Gasteiger charge is -2.21. The van der Waals surface area contributed by atoms with Crippen LogP contribution in [0.15, 0.2) is 59.0 Å². The van der Waals surface area contributed by atoms with Crippen LogP contribution in [0.5, 0.6) is 0 Å². The van der Waals surface area contributed by atoms with Gasteiger partial charge in [-0.1, -0.05) is 0 Å². The second-order valence-electron chi connectivity index (χ2n) is 5.47. The number of amides is 1. The highest BCUT2D eigenvalue weighted by Gasteiger charge is 2.29. The van der Waals surface area contributed by atoms with E-state index in [4.69, 9.17) is 10.4 Å². The van der Waals surface area contributed by atoms with Crippen LogP contribution in [0.25, 0.3) is 6.08 Å². The first-order valence-electron chi connectivity index (χ1n) is 7.08. The number of rotatable bonds is 3. The highest BCUT2D eigenvalue weighted by atomic mass is 16.8. The highest BCUT2D eigenvalue weighted by molar-refractivity contribution is 6.17. The third-order valence-corrected chi connectivity index (χ3v) is 3.63. The molecular weight excluding hydrogens is 296 g/mol. The molecule has 0 aromatic heterocycles. The van der Waals surface area contributed by atoms with E-state index in [1.165, 1.54) is 22.1 Å². The molecule has 23 heavy (non-hydrogen) atoms. The van der Waals surface area contributed by atoms with Gasteiger partial charge in [0, 0.05) is 6.20 Å². The summed E-state index contributed by atoms with van der Waals surface area (Å²) in [5, 5.41) is 18.2. The molecule has 0 bridgehead atoms. The van der Waals surface area contributed by atoms with Crippen molar-refractivity contribution in [1.82, 2.24) is 10.1 Å². The van der Waals surface area contributed by atoms with Crippen molar-refractivity contribution in [3.63, 3.8) is 0 Å². The van der Waals surface area contributed by atoms with E-state index < -0.39 is 0 Å². The second kappa shape index (κ2) is 5.81. The number of benzene rings is 1. The number of quaternary nitrogens is 1. The van der Waals surface area contributed by atoms with Gasteiger partial charge in [0.05, 0.1) is 14.1 Å². The number of nitrogens with zero attached hydrogens (tertiary/aromatic N) is 3. The standard InChI is InChI=1S/C16H16N4O3/c1-18(2)12-5-3-11(4-6-12)9-14-16(21)17-15-8-7-13(20(22)23)10-19(14)15/h3-10,22-23H,1-2H3/p+1/b14-9+. The largest absolute Gasteiger partial charge is 0.307 e. The van der Waals surface area contributed by atoms with Gasteiger partial charge in [0.25, 0.3) is 5.91 Å². The van der Waals surface area contributed by atoms with E-state index in [0.29, 0.717) is 11.5 Å². The van der Waals surface area contributed by atoms with Crippen molar-refractivity contribution in [3.8, 4) is 0 Å². The molecule has 1 amide bonds. The normalized spacial score (nSPS) is 18.4. The van der Waals surface area contributed by atoms with Crippen molar-refractivity contribution >= 4 is 23.5 Å². The molecule has 7 nitrogen and oxygen atoms in total. The molecule has 7 heteroatoms. The summed E-state index contributed by atoms with van der Waals surface area (Å²) in [5.74, 6) is 0.0769. The van der Waals surface area contributed by atoms with Gasteiger partial charge >= 0.3 is 0 Å². The molecule has 0 saturated carbocycles. The van der Waals surface area contributed by atoms with E-state index in [-0.39, 0.29) is 16.8 Å². The lowest BCUT2D eigenvalue weighted by Crippen LogP contribution is -3.00. The van der Waals surface area contributed by atoms with E-state index in [2.05, 4.69) is 4.99 Å². The van der Waals surface area contributed by atoms with Crippen LogP contribution in [0.3, 0.4) is 0 Å². The van der Waals surface area contributed by atoms with E-state index in [1.807, 2.05) is 38.4 Å². The lowest BCUT2D eigenvalue weighted by atomic mass is 10.1. The summed E-state index contributed by atoms with van der Waals surface area (Å²) in [5.41, 5.74) is 2.50. The zero-order valence-corrected chi connectivity index (χ0v) is 12.8. The third-order valence-electron chi connectivity index (χ3n) is 3.63. The number of hydrogen-bond acceptors (Lipinski definition) is 5.